The quantitative estimate of drug-likeness (QED) is 0.780. The molecule has 0 bridgehead atoms. The molecule has 2 saturated heterocycles. The predicted molar refractivity (Wildman–Crippen MR) is 109 cm³/mol. The first kappa shape index (κ1) is 19.6. The van der Waals surface area contributed by atoms with Crippen LogP contribution in [0.3, 0.4) is 0 Å². The normalized spacial score (nSPS) is 29.7. The number of hydrogen-bond acceptors (Lipinski definition) is 7. The lowest BCUT2D eigenvalue weighted by Crippen LogP contribution is -2.53. The SMILES string of the molecule is Cn1nnc(-c2ccc(C(=O)N3C[C@H]4C[C@@H](N5CCOCC5)[C@H](O)C[C@H]4C3)cc2)n1. The van der Waals surface area contributed by atoms with E-state index in [1.807, 2.05) is 29.2 Å². The van der Waals surface area contributed by atoms with Gasteiger partial charge in [-0.15, -0.1) is 10.2 Å². The van der Waals surface area contributed by atoms with Crippen molar-refractivity contribution in [2.45, 2.75) is 25.0 Å². The highest BCUT2D eigenvalue weighted by Gasteiger charge is 2.44. The summed E-state index contributed by atoms with van der Waals surface area (Å²) in [4.78, 5) is 18.8. The van der Waals surface area contributed by atoms with Crippen molar-refractivity contribution in [3.8, 4) is 11.4 Å². The van der Waals surface area contributed by atoms with Gasteiger partial charge in [0.1, 0.15) is 0 Å². The third kappa shape index (κ3) is 3.73. The molecule has 9 nitrogen and oxygen atoms in total. The summed E-state index contributed by atoms with van der Waals surface area (Å²) in [5, 5.41) is 22.8. The number of nitrogens with zero attached hydrogens (tertiary/aromatic N) is 6. The molecular weight excluding hydrogens is 384 g/mol. The van der Waals surface area contributed by atoms with E-state index in [9.17, 15) is 9.90 Å². The zero-order valence-electron chi connectivity index (χ0n) is 17.2. The summed E-state index contributed by atoms with van der Waals surface area (Å²) in [6.45, 7) is 4.74. The minimum atomic E-state index is -0.321. The second-order valence-electron chi connectivity index (χ2n) is 8.66. The molecule has 1 saturated carbocycles. The van der Waals surface area contributed by atoms with Crippen LogP contribution in [-0.2, 0) is 11.8 Å². The van der Waals surface area contributed by atoms with Crippen molar-refractivity contribution in [3.63, 3.8) is 0 Å². The van der Waals surface area contributed by atoms with Crippen molar-refractivity contribution in [1.29, 1.82) is 0 Å². The highest BCUT2D eigenvalue weighted by Crippen LogP contribution is 2.39. The average molecular weight is 412 g/mol. The van der Waals surface area contributed by atoms with Crippen LogP contribution in [-0.4, -0.2) is 92.6 Å². The Hall–Kier alpha value is -2.36. The van der Waals surface area contributed by atoms with Gasteiger partial charge in [-0.2, -0.15) is 4.80 Å². The van der Waals surface area contributed by atoms with Crippen molar-refractivity contribution in [1.82, 2.24) is 30.0 Å². The highest BCUT2D eigenvalue weighted by atomic mass is 16.5. The lowest BCUT2D eigenvalue weighted by molar-refractivity contribution is -0.0520. The number of aliphatic hydroxyl groups is 1. The molecule has 160 valence electrons. The zero-order valence-corrected chi connectivity index (χ0v) is 17.2. The lowest BCUT2D eigenvalue weighted by Gasteiger charge is -2.43. The number of rotatable bonds is 3. The van der Waals surface area contributed by atoms with Crippen LogP contribution >= 0.6 is 0 Å². The Kier molecular flexibility index (Phi) is 5.26. The molecule has 30 heavy (non-hydrogen) atoms. The Balaban J connectivity index is 1.24. The van der Waals surface area contributed by atoms with E-state index in [1.54, 1.807) is 7.05 Å². The van der Waals surface area contributed by atoms with E-state index in [4.69, 9.17) is 4.74 Å². The standard InChI is InChI=1S/C21H28N6O3/c1-25-23-20(22-24-25)14-2-4-15(5-3-14)21(29)27-12-16-10-18(19(28)11-17(16)13-27)26-6-8-30-9-7-26/h2-5,16-19,28H,6-13H2,1H3/t16-,17+,18-,19-/m1/s1. The van der Waals surface area contributed by atoms with Gasteiger partial charge < -0.3 is 14.7 Å². The summed E-state index contributed by atoms with van der Waals surface area (Å²) in [6.07, 6.45) is 1.40. The van der Waals surface area contributed by atoms with Crippen LogP contribution in [0.2, 0.25) is 0 Å². The van der Waals surface area contributed by atoms with Crippen LogP contribution in [0.5, 0.6) is 0 Å². The van der Waals surface area contributed by atoms with Crippen LogP contribution in [0.4, 0.5) is 0 Å². The van der Waals surface area contributed by atoms with Gasteiger partial charge in [-0.3, -0.25) is 9.69 Å². The topological polar surface area (TPSA) is 96.6 Å². The molecule has 9 heteroatoms. The molecule has 1 amide bonds. The molecule has 1 aliphatic carbocycles. The Morgan fingerprint density at radius 2 is 1.80 bits per heavy atom. The van der Waals surface area contributed by atoms with Gasteiger partial charge in [0.05, 0.1) is 26.4 Å². The van der Waals surface area contributed by atoms with E-state index in [0.29, 0.717) is 23.2 Å². The van der Waals surface area contributed by atoms with E-state index in [0.717, 1.165) is 57.8 Å². The molecule has 2 aliphatic heterocycles. The Labute approximate surface area is 175 Å². The average Bonchev–Trinajstić information content (AvgIpc) is 3.39. The number of benzene rings is 1. The van der Waals surface area contributed by atoms with Crippen molar-refractivity contribution in [2.24, 2.45) is 18.9 Å². The molecule has 0 radical (unpaired) electrons. The molecule has 5 rings (SSSR count). The number of morpholine rings is 1. The highest BCUT2D eigenvalue weighted by molar-refractivity contribution is 5.94. The van der Waals surface area contributed by atoms with Crippen molar-refractivity contribution < 1.29 is 14.6 Å². The zero-order chi connectivity index (χ0) is 20.7. The first-order valence-electron chi connectivity index (χ1n) is 10.7. The number of ether oxygens (including phenoxy) is 1. The van der Waals surface area contributed by atoms with E-state index in [2.05, 4.69) is 20.3 Å². The third-order valence-corrected chi connectivity index (χ3v) is 6.81. The summed E-state index contributed by atoms with van der Waals surface area (Å²) in [6, 6.07) is 7.59. The van der Waals surface area contributed by atoms with Gasteiger partial charge in [0.2, 0.25) is 5.82 Å². The van der Waals surface area contributed by atoms with E-state index in [-0.39, 0.29) is 18.1 Å². The van der Waals surface area contributed by atoms with Crippen LogP contribution in [0, 0.1) is 11.8 Å². The molecule has 2 aromatic rings. The van der Waals surface area contributed by atoms with Crippen LogP contribution in [0.1, 0.15) is 23.2 Å². The number of aryl methyl sites for hydroxylation is 1. The van der Waals surface area contributed by atoms with E-state index < -0.39 is 0 Å². The second-order valence-corrected chi connectivity index (χ2v) is 8.66. The summed E-state index contributed by atoms with van der Waals surface area (Å²) in [7, 11) is 1.72. The van der Waals surface area contributed by atoms with Gasteiger partial charge in [0.15, 0.2) is 0 Å². The Morgan fingerprint density at radius 3 is 2.47 bits per heavy atom. The predicted octanol–water partition coefficient (Wildman–Crippen LogP) is 0.421. The second kappa shape index (κ2) is 8.05. The molecule has 1 aromatic carbocycles. The van der Waals surface area contributed by atoms with E-state index >= 15 is 0 Å². The molecule has 3 fully saturated rings. The molecular formula is C21H28N6O3. The summed E-state index contributed by atoms with van der Waals surface area (Å²) < 4.78 is 5.46. The Morgan fingerprint density at radius 1 is 1.10 bits per heavy atom. The van der Waals surface area contributed by atoms with Crippen molar-refractivity contribution in [3.05, 3.63) is 29.8 Å². The van der Waals surface area contributed by atoms with Gasteiger partial charge in [-0.1, -0.05) is 12.1 Å². The minimum Gasteiger partial charge on any atom is -0.391 e. The smallest absolute Gasteiger partial charge is 0.253 e. The number of carbonyl (C=O) groups is 1. The van der Waals surface area contributed by atoms with Crippen molar-refractivity contribution in [2.75, 3.05) is 39.4 Å². The first-order chi connectivity index (χ1) is 14.6. The molecule has 3 aliphatic rings. The largest absolute Gasteiger partial charge is 0.391 e. The maximum absolute atomic E-state index is 13.1. The molecule has 0 spiro atoms. The van der Waals surface area contributed by atoms with Crippen LogP contribution in [0.15, 0.2) is 24.3 Å². The van der Waals surface area contributed by atoms with Gasteiger partial charge in [0.25, 0.3) is 5.91 Å². The molecule has 4 atom stereocenters. The number of likely N-dealkylation sites (tertiary alicyclic amines) is 1. The van der Waals surface area contributed by atoms with Gasteiger partial charge in [0, 0.05) is 43.3 Å². The third-order valence-electron chi connectivity index (χ3n) is 6.81. The first-order valence-corrected chi connectivity index (χ1v) is 10.7. The summed E-state index contributed by atoms with van der Waals surface area (Å²) >= 11 is 0. The number of aromatic nitrogens is 4. The lowest BCUT2D eigenvalue weighted by atomic mass is 9.77. The number of fused-ring (bicyclic) bond motifs is 1. The number of amides is 1. The number of carbonyl (C=O) groups excluding carboxylic acids is 1. The fraction of sp³-hybridized carbons (Fsp3) is 0.619. The maximum atomic E-state index is 13.1. The monoisotopic (exact) mass is 412 g/mol. The Bertz CT molecular complexity index is 894. The number of aliphatic hydroxyl groups excluding tert-OH is 1. The maximum Gasteiger partial charge on any atom is 0.253 e. The van der Waals surface area contributed by atoms with Gasteiger partial charge in [-0.05, 0) is 42.0 Å². The fourth-order valence-electron chi connectivity index (χ4n) is 5.22. The fourth-order valence-corrected chi connectivity index (χ4v) is 5.22. The molecule has 0 unspecified atom stereocenters. The number of hydrogen-bond donors (Lipinski definition) is 1. The molecule has 1 N–H and O–H groups in total. The van der Waals surface area contributed by atoms with E-state index in [1.165, 1.54) is 4.80 Å². The summed E-state index contributed by atoms with van der Waals surface area (Å²) in [5.74, 6) is 1.44. The van der Waals surface area contributed by atoms with Crippen LogP contribution in [0.25, 0.3) is 11.4 Å². The van der Waals surface area contributed by atoms with Crippen LogP contribution < -0.4 is 0 Å². The molecule has 1 aromatic heterocycles. The minimum absolute atomic E-state index is 0.0560. The van der Waals surface area contributed by atoms with Crippen molar-refractivity contribution >= 4 is 5.91 Å². The number of tetrazole rings is 1. The molecule has 3 heterocycles. The van der Waals surface area contributed by atoms with Gasteiger partial charge >= 0.3 is 0 Å². The summed E-state index contributed by atoms with van der Waals surface area (Å²) in [5.41, 5.74) is 1.51. The van der Waals surface area contributed by atoms with Gasteiger partial charge in [-0.25, -0.2) is 0 Å².